The van der Waals surface area contributed by atoms with Gasteiger partial charge in [0.15, 0.2) is 5.75 Å². The highest BCUT2D eigenvalue weighted by molar-refractivity contribution is 9.08. The number of hydrogen-bond acceptors (Lipinski definition) is 3. The van der Waals surface area contributed by atoms with Crippen LogP contribution in [0.5, 0.6) is 11.5 Å². The Morgan fingerprint density at radius 2 is 1.71 bits per heavy atom. The van der Waals surface area contributed by atoms with Gasteiger partial charge in [0.25, 0.3) is 5.69 Å². The SMILES string of the molecule is O=[N+]([O-])c1cc(Cl)c(Oc2ccc(CBr)cc2Cl)c(Cl)c1. The summed E-state index contributed by atoms with van der Waals surface area (Å²) in [4.78, 5) is 10.1. The number of non-ortho nitro benzene ring substituents is 1. The van der Waals surface area contributed by atoms with Gasteiger partial charge in [-0.05, 0) is 17.7 Å². The van der Waals surface area contributed by atoms with Crippen LogP contribution in [-0.4, -0.2) is 4.92 Å². The third-order valence-corrected chi connectivity index (χ3v) is 4.06. The van der Waals surface area contributed by atoms with Crippen molar-refractivity contribution < 1.29 is 9.66 Å². The Morgan fingerprint density at radius 3 is 2.19 bits per heavy atom. The molecule has 0 saturated heterocycles. The molecule has 4 nitrogen and oxygen atoms in total. The number of halogens is 4. The molecule has 0 spiro atoms. The van der Waals surface area contributed by atoms with Crippen molar-refractivity contribution in [2.45, 2.75) is 5.33 Å². The van der Waals surface area contributed by atoms with Gasteiger partial charge in [0, 0.05) is 17.5 Å². The van der Waals surface area contributed by atoms with Crippen LogP contribution in [0.1, 0.15) is 5.56 Å². The van der Waals surface area contributed by atoms with Gasteiger partial charge in [0.1, 0.15) is 5.75 Å². The Balaban J connectivity index is 2.38. The van der Waals surface area contributed by atoms with Crippen molar-refractivity contribution in [3.8, 4) is 11.5 Å². The monoisotopic (exact) mass is 409 g/mol. The first-order valence-electron chi connectivity index (χ1n) is 5.58. The maximum atomic E-state index is 10.7. The van der Waals surface area contributed by atoms with Gasteiger partial charge in [-0.2, -0.15) is 0 Å². The van der Waals surface area contributed by atoms with Gasteiger partial charge in [0.2, 0.25) is 0 Å². The highest BCUT2D eigenvalue weighted by Crippen LogP contribution is 2.41. The first-order chi connectivity index (χ1) is 9.92. The second-order valence-electron chi connectivity index (χ2n) is 4.00. The summed E-state index contributed by atoms with van der Waals surface area (Å²) in [5, 5.41) is 11.8. The Kier molecular flexibility index (Phi) is 5.32. The van der Waals surface area contributed by atoms with Crippen LogP contribution in [0.4, 0.5) is 5.69 Å². The molecule has 0 fully saturated rings. The van der Waals surface area contributed by atoms with E-state index >= 15 is 0 Å². The second-order valence-corrected chi connectivity index (χ2v) is 5.78. The van der Waals surface area contributed by atoms with Crippen molar-refractivity contribution in [1.82, 2.24) is 0 Å². The maximum Gasteiger partial charge on any atom is 0.272 e. The lowest BCUT2D eigenvalue weighted by atomic mass is 10.2. The number of rotatable bonds is 4. The predicted molar refractivity (Wildman–Crippen MR) is 87.3 cm³/mol. The van der Waals surface area contributed by atoms with Gasteiger partial charge in [-0.15, -0.1) is 0 Å². The van der Waals surface area contributed by atoms with Gasteiger partial charge < -0.3 is 4.74 Å². The Labute approximate surface area is 143 Å². The molecule has 0 aliphatic rings. The number of hydrogen-bond donors (Lipinski definition) is 0. The van der Waals surface area contributed by atoms with E-state index < -0.39 is 4.92 Å². The highest BCUT2D eigenvalue weighted by Gasteiger charge is 2.17. The molecule has 0 unspecified atom stereocenters. The van der Waals surface area contributed by atoms with E-state index in [0.717, 1.165) is 5.56 Å². The molecule has 0 aliphatic carbocycles. The van der Waals surface area contributed by atoms with Crippen molar-refractivity contribution in [3.05, 3.63) is 61.1 Å². The fraction of sp³-hybridized carbons (Fsp3) is 0.0769. The van der Waals surface area contributed by atoms with Crippen LogP contribution in [0.15, 0.2) is 30.3 Å². The molecular formula is C13H7BrCl3NO3. The zero-order chi connectivity index (χ0) is 15.6. The van der Waals surface area contributed by atoms with Crippen molar-refractivity contribution >= 4 is 56.4 Å². The zero-order valence-electron chi connectivity index (χ0n) is 10.3. The molecule has 8 heteroatoms. The average molecular weight is 411 g/mol. The summed E-state index contributed by atoms with van der Waals surface area (Å²) in [7, 11) is 0. The quantitative estimate of drug-likeness (QED) is 0.340. The smallest absolute Gasteiger partial charge is 0.272 e. The summed E-state index contributed by atoms with van der Waals surface area (Å²) in [6, 6.07) is 7.57. The number of ether oxygens (including phenoxy) is 1. The molecule has 0 N–H and O–H groups in total. The van der Waals surface area contributed by atoms with Crippen LogP contribution in [0, 0.1) is 10.1 Å². The summed E-state index contributed by atoms with van der Waals surface area (Å²) in [5.74, 6) is 0.483. The van der Waals surface area contributed by atoms with Crippen molar-refractivity contribution in [1.29, 1.82) is 0 Å². The first-order valence-corrected chi connectivity index (χ1v) is 7.83. The summed E-state index contributed by atoms with van der Waals surface area (Å²) < 4.78 is 5.57. The molecule has 0 atom stereocenters. The molecule has 0 heterocycles. The van der Waals surface area contributed by atoms with Gasteiger partial charge in [-0.25, -0.2) is 0 Å². The van der Waals surface area contributed by atoms with Crippen molar-refractivity contribution in [2.75, 3.05) is 0 Å². The molecular weight excluding hydrogens is 404 g/mol. The lowest BCUT2D eigenvalue weighted by molar-refractivity contribution is -0.384. The van der Waals surface area contributed by atoms with Gasteiger partial charge in [-0.3, -0.25) is 10.1 Å². The van der Waals surface area contributed by atoms with Crippen LogP contribution in [0.3, 0.4) is 0 Å². The van der Waals surface area contributed by atoms with E-state index in [1.807, 2.05) is 6.07 Å². The lowest BCUT2D eigenvalue weighted by Gasteiger charge is -2.11. The van der Waals surface area contributed by atoms with E-state index in [0.29, 0.717) is 16.1 Å². The second kappa shape index (κ2) is 6.83. The summed E-state index contributed by atoms with van der Waals surface area (Å²) in [5.41, 5.74) is 0.770. The third-order valence-electron chi connectivity index (χ3n) is 2.56. The molecule has 0 aromatic heterocycles. The first kappa shape index (κ1) is 16.4. The van der Waals surface area contributed by atoms with E-state index in [9.17, 15) is 10.1 Å². The Bertz CT molecular complexity index is 686. The minimum atomic E-state index is -0.584. The van der Waals surface area contributed by atoms with E-state index in [2.05, 4.69) is 15.9 Å². The minimum Gasteiger partial charge on any atom is -0.453 e. The molecule has 0 amide bonds. The summed E-state index contributed by atoms with van der Waals surface area (Å²) in [6.07, 6.45) is 0. The highest BCUT2D eigenvalue weighted by atomic mass is 79.9. The molecule has 21 heavy (non-hydrogen) atoms. The predicted octanol–water partition coefficient (Wildman–Crippen LogP) is 6.24. The largest absolute Gasteiger partial charge is 0.453 e. The van der Waals surface area contributed by atoms with Crippen LogP contribution in [0.25, 0.3) is 0 Å². The fourth-order valence-corrected chi connectivity index (χ4v) is 2.71. The Hall–Kier alpha value is -1.01. The standard InChI is InChI=1S/C13H7BrCl3NO3/c14-6-7-1-2-12(9(15)3-7)21-13-10(16)4-8(18(19)20)5-11(13)17/h1-5H,6H2. The van der Waals surface area contributed by atoms with Gasteiger partial charge in [-0.1, -0.05) is 56.8 Å². The van der Waals surface area contributed by atoms with Crippen LogP contribution >= 0.6 is 50.7 Å². The molecule has 0 bridgehead atoms. The molecule has 110 valence electrons. The van der Waals surface area contributed by atoms with E-state index in [1.165, 1.54) is 12.1 Å². The fourth-order valence-electron chi connectivity index (χ4n) is 1.57. The van der Waals surface area contributed by atoms with E-state index in [4.69, 9.17) is 39.5 Å². The van der Waals surface area contributed by atoms with E-state index in [-0.39, 0.29) is 21.5 Å². The number of benzene rings is 2. The van der Waals surface area contributed by atoms with Crippen molar-refractivity contribution in [2.24, 2.45) is 0 Å². The van der Waals surface area contributed by atoms with Gasteiger partial charge in [0.05, 0.1) is 20.0 Å². The molecule has 0 radical (unpaired) electrons. The molecule has 0 saturated carbocycles. The molecule has 2 aromatic rings. The molecule has 2 rings (SSSR count). The summed E-state index contributed by atoms with van der Waals surface area (Å²) in [6.45, 7) is 0. The maximum absolute atomic E-state index is 10.7. The lowest BCUT2D eigenvalue weighted by Crippen LogP contribution is -1.92. The third kappa shape index (κ3) is 3.80. The van der Waals surface area contributed by atoms with Crippen molar-refractivity contribution in [3.63, 3.8) is 0 Å². The number of nitro benzene ring substituents is 1. The normalized spacial score (nSPS) is 10.5. The number of nitro groups is 1. The zero-order valence-corrected chi connectivity index (χ0v) is 14.1. The van der Waals surface area contributed by atoms with Crippen LogP contribution in [-0.2, 0) is 5.33 Å². The van der Waals surface area contributed by atoms with Gasteiger partial charge >= 0.3 is 0 Å². The van der Waals surface area contributed by atoms with E-state index in [1.54, 1.807) is 12.1 Å². The van der Waals surface area contributed by atoms with Crippen LogP contribution < -0.4 is 4.74 Å². The topological polar surface area (TPSA) is 52.4 Å². The Morgan fingerprint density at radius 1 is 1.10 bits per heavy atom. The average Bonchev–Trinajstić information content (AvgIpc) is 2.43. The summed E-state index contributed by atoms with van der Waals surface area (Å²) >= 11 is 21.4. The number of nitrogens with zero attached hydrogens (tertiary/aromatic N) is 1. The minimum absolute atomic E-state index is 0.0369. The molecule has 0 aliphatic heterocycles. The number of alkyl halides is 1. The van der Waals surface area contributed by atoms with Crippen LogP contribution in [0.2, 0.25) is 15.1 Å². The molecule has 2 aromatic carbocycles.